The Morgan fingerprint density at radius 3 is 2.87 bits per heavy atom. The standard InChI is InChI=1S/C13H19NO/c14-12-8-7-11(9-12)13(15)10-5-3-1-2-4-6-10/h5,7-8,11-12H,1-4,6,9,14H2. The maximum Gasteiger partial charge on any atom is 0.165 e. The molecule has 0 fully saturated rings. The van der Waals surface area contributed by atoms with E-state index in [0.717, 1.165) is 24.8 Å². The Morgan fingerprint density at radius 2 is 2.13 bits per heavy atom. The second-order valence-electron chi connectivity index (χ2n) is 4.58. The normalized spacial score (nSPS) is 31.1. The predicted octanol–water partition coefficient (Wildman–Crippen LogP) is 2.35. The van der Waals surface area contributed by atoms with Crippen molar-refractivity contribution in [1.29, 1.82) is 0 Å². The number of ketones is 1. The first-order valence-corrected chi connectivity index (χ1v) is 5.94. The summed E-state index contributed by atoms with van der Waals surface area (Å²) in [5.41, 5.74) is 6.82. The minimum atomic E-state index is 0.0596. The molecule has 15 heavy (non-hydrogen) atoms. The molecule has 2 aliphatic rings. The molecule has 2 nitrogen and oxygen atoms in total. The fraction of sp³-hybridized carbons (Fsp3) is 0.615. The van der Waals surface area contributed by atoms with E-state index in [1.165, 1.54) is 19.3 Å². The minimum absolute atomic E-state index is 0.0596. The first-order chi connectivity index (χ1) is 7.27. The van der Waals surface area contributed by atoms with Crippen molar-refractivity contribution in [3.63, 3.8) is 0 Å². The lowest BCUT2D eigenvalue weighted by atomic mass is 9.94. The third-order valence-corrected chi connectivity index (χ3v) is 3.31. The highest BCUT2D eigenvalue weighted by molar-refractivity contribution is 5.98. The molecule has 2 atom stereocenters. The Bertz CT molecular complexity index is 304. The van der Waals surface area contributed by atoms with Crippen LogP contribution in [-0.2, 0) is 4.79 Å². The van der Waals surface area contributed by atoms with Crippen LogP contribution in [-0.4, -0.2) is 11.8 Å². The van der Waals surface area contributed by atoms with Crippen LogP contribution in [0.4, 0.5) is 0 Å². The van der Waals surface area contributed by atoms with E-state index >= 15 is 0 Å². The fourth-order valence-electron chi connectivity index (χ4n) is 2.40. The molecule has 2 N–H and O–H groups in total. The highest BCUT2D eigenvalue weighted by Gasteiger charge is 2.25. The number of carbonyl (C=O) groups is 1. The van der Waals surface area contributed by atoms with Gasteiger partial charge in [0.1, 0.15) is 0 Å². The Morgan fingerprint density at radius 1 is 1.27 bits per heavy atom. The lowest BCUT2D eigenvalue weighted by Crippen LogP contribution is -2.20. The van der Waals surface area contributed by atoms with Gasteiger partial charge < -0.3 is 5.73 Å². The van der Waals surface area contributed by atoms with E-state index in [9.17, 15) is 4.79 Å². The summed E-state index contributed by atoms with van der Waals surface area (Å²) in [6, 6.07) is 0.0883. The highest BCUT2D eigenvalue weighted by Crippen LogP contribution is 2.25. The van der Waals surface area contributed by atoms with Crippen molar-refractivity contribution in [2.45, 2.75) is 44.6 Å². The number of rotatable bonds is 2. The molecule has 2 aliphatic carbocycles. The zero-order valence-electron chi connectivity index (χ0n) is 9.11. The lowest BCUT2D eigenvalue weighted by Gasteiger charge is -2.10. The summed E-state index contributed by atoms with van der Waals surface area (Å²) in [6.07, 6.45) is 12.6. The second-order valence-corrected chi connectivity index (χ2v) is 4.58. The molecule has 0 saturated heterocycles. The first-order valence-electron chi connectivity index (χ1n) is 5.94. The van der Waals surface area contributed by atoms with Crippen molar-refractivity contribution in [1.82, 2.24) is 0 Å². The van der Waals surface area contributed by atoms with Gasteiger partial charge in [0.25, 0.3) is 0 Å². The first kappa shape index (κ1) is 10.6. The molecule has 2 heteroatoms. The van der Waals surface area contributed by atoms with Gasteiger partial charge >= 0.3 is 0 Å². The molecule has 2 unspecified atom stereocenters. The maximum atomic E-state index is 12.1. The van der Waals surface area contributed by atoms with Gasteiger partial charge in [-0.05, 0) is 37.7 Å². The number of carbonyl (C=O) groups excluding carboxylic acids is 1. The van der Waals surface area contributed by atoms with Crippen LogP contribution in [0, 0.1) is 5.92 Å². The average molecular weight is 205 g/mol. The number of Topliss-reactive ketones (excluding diaryl/α,β-unsaturated/α-hetero) is 1. The third-order valence-electron chi connectivity index (χ3n) is 3.31. The van der Waals surface area contributed by atoms with Gasteiger partial charge in [0, 0.05) is 12.0 Å². The van der Waals surface area contributed by atoms with Gasteiger partial charge in [0.05, 0.1) is 0 Å². The minimum Gasteiger partial charge on any atom is -0.324 e. The fourth-order valence-corrected chi connectivity index (χ4v) is 2.40. The van der Waals surface area contributed by atoms with Gasteiger partial charge in [-0.1, -0.05) is 24.6 Å². The summed E-state index contributed by atoms with van der Waals surface area (Å²) in [5, 5.41) is 0. The van der Waals surface area contributed by atoms with Crippen LogP contribution in [0.5, 0.6) is 0 Å². The molecule has 0 saturated carbocycles. The summed E-state index contributed by atoms with van der Waals surface area (Å²) >= 11 is 0. The smallest absolute Gasteiger partial charge is 0.165 e. The summed E-state index contributed by atoms with van der Waals surface area (Å²) < 4.78 is 0. The van der Waals surface area contributed by atoms with E-state index < -0.39 is 0 Å². The lowest BCUT2D eigenvalue weighted by molar-refractivity contribution is -0.118. The van der Waals surface area contributed by atoms with Crippen molar-refractivity contribution in [2.75, 3.05) is 0 Å². The molecule has 0 aromatic rings. The van der Waals surface area contributed by atoms with E-state index in [4.69, 9.17) is 5.73 Å². The molecule has 2 rings (SSSR count). The summed E-state index contributed by atoms with van der Waals surface area (Å²) in [5.74, 6) is 0.380. The summed E-state index contributed by atoms with van der Waals surface area (Å²) in [7, 11) is 0. The molecule has 0 aromatic carbocycles. The molecule has 0 aliphatic heterocycles. The van der Waals surface area contributed by atoms with Gasteiger partial charge in [-0.3, -0.25) is 4.79 Å². The van der Waals surface area contributed by atoms with Gasteiger partial charge in [-0.2, -0.15) is 0 Å². The van der Waals surface area contributed by atoms with E-state index in [1.54, 1.807) is 0 Å². The molecule has 0 spiro atoms. The largest absolute Gasteiger partial charge is 0.324 e. The Kier molecular flexibility index (Phi) is 3.37. The average Bonchev–Trinajstić information content (AvgIpc) is 2.53. The number of hydrogen-bond acceptors (Lipinski definition) is 2. The predicted molar refractivity (Wildman–Crippen MR) is 61.4 cm³/mol. The van der Waals surface area contributed by atoms with Gasteiger partial charge in [-0.25, -0.2) is 0 Å². The zero-order chi connectivity index (χ0) is 10.7. The Balaban J connectivity index is 2.00. The topological polar surface area (TPSA) is 43.1 Å². The van der Waals surface area contributed by atoms with Crippen molar-refractivity contribution in [3.8, 4) is 0 Å². The zero-order valence-corrected chi connectivity index (χ0v) is 9.11. The molecule has 0 radical (unpaired) electrons. The van der Waals surface area contributed by atoms with E-state index in [2.05, 4.69) is 6.08 Å². The van der Waals surface area contributed by atoms with Crippen LogP contribution in [0.1, 0.15) is 38.5 Å². The van der Waals surface area contributed by atoms with Gasteiger partial charge in [0.2, 0.25) is 0 Å². The quantitative estimate of drug-likeness (QED) is 0.703. The molecule has 0 amide bonds. The van der Waals surface area contributed by atoms with Crippen LogP contribution in [0.15, 0.2) is 23.8 Å². The number of nitrogens with two attached hydrogens (primary N) is 1. The molecule has 82 valence electrons. The highest BCUT2D eigenvalue weighted by atomic mass is 16.1. The van der Waals surface area contributed by atoms with E-state index in [1.807, 2.05) is 12.2 Å². The van der Waals surface area contributed by atoms with Crippen molar-refractivity contribution in [3.05, 3.63) is 23.8 Å². The van der Waals surface area contributed by atoms with Crippen LogP contribution in [0.25, 0.3) is 0 Å². The van der Waals surface area contributed by atoms with Crippen LogP contribution in [0.3, 0.4) is 0 Å². The number of allylic oxidation sites excluding steroid dienone is 3. The molecule has 0 aromatic heterocycles. The van der Waals surface area contributed by atoms with Gasteiger partial charge in [-0.15, -0.1) is 0 Å². The Labute approximate surface area is 91.2 Å². The molecular weight excluding hydrogens is 186 g/mol. The van der Waals surface area contributed by atoms with E-state index in [-0.39, 0.29) is 12.0 Å². The SMILES string of the molecule is NC1C=CC(C(=O)C2=CCCCCC2)C1. The van der Waals surface area contributed by atoms with Gasteiger partial charge in [0.15, 0.2) is 5.78 Å². The second kappa shape index (κ2) is 4.75. The maximum absolute atomic E-state index is 12.1. The van der Waals surface area contributed by atoms with Crippen molar-refractivity contribution in [2.24, 2.45) is 11.7 Å². The van der Waals surface area contributed by atoms with Crippen LogP contribution >= 0.6 is 0 Å². The van der Waals surface area contributed by atoms with Crippen LogP contribution < -0.4 is 5.73 Å². The summed E-state index contributed by atoms with van der Waals surface area (Å²) in [6.45, 7) is 0. The third kappa shape index (κ3) is 2.57. The van der Waals surface area contributed by atoms with Crippen molar-refractivity contribution < 1.29 is 4.79 Å². The monoisotopic (exact) mass is 205 g/mol. The van der Waals surface area contributed by atoms with E-state index in [0.29, 0.717) is 5.78 Å². The van der Waals surface area contributed by atoms with Crippen molar-refractivity contribution >= 4 is 5.78 Å². The molecule has 0 bridgehead atoms. The van der Waals surface area contributed by atoms with Crippen LogP contribution in [0.2, 0.25) is 0 Å². The number of hydrogen-bond donors (Lipinski definition) is 1. The summed E-state index contributed by atoms with van der Waals surface area (Å²) in [4.78, 5) is 12.1. The molecular formula is C13H19NO. The Hall–Kier alpha value is -0.890. The molecule has 0 heterocycles.